The summed E-state index contributed by atoms with van der Waals surface area (Å²) in [7, 11) is 0. The van der Waals surface area contributed by atoms with E-state index in [0.29, 0.717) is 29.9 Å². The summed E-state index contributed by atoms with van der Waals surface area (Å²) in [5.74, 6) is -0.787. The number of hydrogen-bond donors (Lipinski definition) is 2. The Labute approximate surface area is 184 Å². The molecular weight excluding hydrogens is 410 g/mol. The first-order valence-corrected chi connectivity index (χ1v) is 10.7. The normalized spacial score (nSPS) is 13.6. The van der Waals surface area contributed by atoms with Crippen LogP contribution in [0.5, 0.6) is 0 Å². The van der Waals surface area contributed by atoms with Crippen LogP contribution >= 0.6 is 11.3 Å². The Hall–Kier alpha value is -3.71. The van der Waals surface area contributed by atoms with Crippen LogP contribution in [0.3, 0.4) is 0 Å². The summed E-state index contributed by atoms with van der Waals surface area (Å²) in [6.45, 7) is 1.75. The monoisotopic (exact) mass is 431 g/mol. The Balaban J connectivity index is 1.58. The van der Waals surface area contributed by atoms with E-state index in [9.17, 15) is 14.4 Å². The van der Waals surface area contributed by atoms with Gasteiger partial charge in [-0.2, -0.15) is 0 Å². The molecule has 0 radical (unpaired) electrons. The molecule has 0 bridgehead atoms. The first kappa shape index (κ1) is 20.6. The Morgan fingerprint density at radius 2 is 1.61 bits per heavy atom. The van der Waals surface area contributed by atoms with Gasteiger partial charge in [0.2, 0.25) is 5.91 Å². The zero-order valence-corrected chi connectivity index (χ0v) is 17.7. The predicted molar refractivity (Wildman–Crippen MR) is 122 cm³/mol. The minimum absolute atomic E-state index is 0.158. The highest BCUT2D eigenvalue weighted by molar-refractivity contribution is 7.11. The average Bonchev–Trinajstić information content (AvgIpc) is 3.36. The van der Waals surface area contributed by atoms with Crippen molar-refractivity contribution in [1.29, 1.82) is 0 Å². The van der Waals surface area contributed by atoms with Crippen molar-refractivity contribution < 1.29 is 14.4 Å². The molecule has 2 heterocycles. The topological polar surface area (TPSA) is 78.5 Å². The number of hydrogen-bond acceptors (Lipinski definition) is 5. The summed E-state index contributed by atoms with van der Waals surface area (Å²) >= 11 is 1.42. The predicted octanol–water partition coefficient (Wildman–Crippen LogP) is 4.14. The quantitative estimate of drug-likeness (QED) is 0.551. The Bertz CT molecular complexity index is 1140. The minimum atomic E-state index is -0.338. The molecule has 0 saturated heterocycles. The molecule has 1 aliphatic heterocycles. The second-order valence-corrected chi connectivity index (χ2v) is 8.06. The van der Waals surface area contributed by atoms with Gasteiger partial charge in [0.05, 0.1) is 5.57 Å². The van der Waals surface area contributed by atoms with Gasteiger partial charge in [-0.3, -0.25) is 19.3 Å². The largest absolute Gasteiger partial charge is 0.350 e. The number of thiophene rings is 1. The molecule has 0 saturated carbocycles. The lowest BCUT2D eigenvalue weighted by molar-refractivity contribution is -0.136. The molecule has 3 aromatic rings. The Kier molecular flexibility index (Phi) is 5.95. The van der Waals surface area contributed by atoms with Crippen molar-refractivity contribution in [2.75, 3.05) is 17.2 Å². The van der Waals surface area contributed by atoms with E-state index in [4.69, 9.17) is 0 Å². The number of benzene rings is 2. The van der Waals surface area contributed by atoms with Gasteiger partial charge in [0, 0.05) is 29.7 Å². The molecule has 0 fully saturated rings. The van der Waals surface area contributed by atoms with Gasteiger partial charge in [-0.25, -0.2) is 0 Å². The van der Waals surface area contributed by atoms with Crippen molar-refractivity contribution in [3.05, 3.63) is 88.2 Å². The smallest absolute Gasteiger partial charge is 0.278 e. The summed E-state index contributed by atoms with van der Waals surface area (Å²) in [6, 6.07) is 20.5. The zero-order valence-electron chi connectivity index (χ0n) is 16.9. The maximum atomic E-state index is 13.2. The summed E-state index contributed by atoms with van der Waals surface area (Å²) in [6.07, 6.45) is 0.592. The van der Waals surface area contributed by atoms with Crippen LogP contribution in [0.1, 0.15) is 17.4 Å². The molecule has 2 aromatic carbocycles. The van der Waals surface area contributed by atoms with E-state index in [1.807, 2.05) is 47.8 Å². The Morgan fingerprint density at radius 3 is 2.26 bits per heavy atom. The van der Waals surface area contributed by atoms with Crippen molar-refractivity contribution >= 4 is 46.0 Å². The molecule has 0 atom stereocenters. The first-order chi connectivity index (χ1) is 15.0. The van der Waals surface area contributed by atoms with Gasteiger partial charge in [-0.15, -0.1) is 11.3 Å². The summed E-state index contributed by atoms with van der Waals surface area (Å²) in [5, 5.41) is 7.72. The lowest BCUT2D eigenvalue weighted by Crippen LogP contribution is -2.34. The summed E-state index contributed by atoms with van der Waals surface area (Å²) in [5.41, 5.74) is 3.04. The fraction of sp³-hybridized carbons (Fsp3) is 0.125. The lowest BCUT2D eigenvalue weighted by Gasteiger charge is -2.15. The van der Waals surface area contributed by atoms with Crippen molar-refractivity contribution in [2.45, 2.75) is 13.3 Å². The number of carbonyl (C=O) groups is 3. The van der Waals surface area contributed by atoms with Gasteiger partial charge in [-0.05, 0) is 47.7 Å². The zero-order chi connectivity index (χ0) is 21.8. The van der Waals surface area contributed by atoms with E-state index in [1.54, 1.807) is 24.3 Å². The van der Waals surface area contributed by atoms with Crippen LogP contribution in [-0.2, 0) is 20.8 Å². The lowest BCUT2D eigenvalue weighted by atomic mass is 10.1. The van der Waals surface area contributed by atoms with Gasteiger partial charge in [0.25, 0.3) is 11.8 Å². The first-order valence-electron chi connectivity index (χ1n) is 9.86. The molecule has 31 heavy (non-hydrogen) atoms. The highest BCUT2D eigenvalue weighted by Crippen LogP contribution is 2.33. The number of carbonyl (C=O) groups excluding carboxylic acids is 3. The number of nitrogens with one attached hydrogen (secondary N) is 2. The van der Waals surface area contributed by atoms with E-state index >= 15 is 0 Å². The van der Waals surface area contributed by atoms with E-state index in [2.05, 4.69) is 10.6 Å². The van der Waals surface area contributed by atoms with E-state index in [0.717, 1.165) is 10.4 Å². The molecule has 3 amide bonds. The third kappa shape index (κ3) is 4.57. The van der Waals surface area contributed by atoms with E-state index in [-0.39, 0.29) is 23.4 Å². The maximum absolute atomic E-state index is 13.2. The summed E-state index contributed by atoms with van der Waals surface area (Å²) in [4.78, 5) is 39.6. The maximum Gasteiger partial charge on any atom is 0.278 e. The molecule has 4 rings (SSSR count). The molecule has 7 heteroatoms. The van der Waals surface area contributed by atoms with Crippen LogP contribution < -0.4 is 10.6 Å². The molecule has 0 unspecified atom stereocenters. The van der Waals surface area contributed by atoms with Crippen molar-refractivity contribution in [3.63, 3.8) is 0 Å². The molecule has 1 aromatic heterocycles. The van der Waals surface area contributed by atoms with E-state index < -0.39 is 0 Å². The van der Waals surface area contributed by atoms with Gasteiger partial charge in [0.1, 0.15) is 5.70 Å². The molecule has 0 spiro atoms. The number of anilines is 2. The number of rotatable bonds is 7. The third-order valence-corrected chi connectivity index (χ3v) is 5.76. The second kappa shape index (κ2) is 8.97. The standard InChI is InChI=1S/C24H21N3O3S/c1-16(28)25-18-9-11-19(12-10-18)26-22-21(20-8-5-15-31-20)23(29)27(24(22)30)14-13-17-6-3-2-4-7-17/h2-12,15,26H,13-14H2,1H3,(H,25,28). The molecule has 156 valence electrons. The highest BCUT2D eigenvalue weighted by Gasteiger charge is 2.39. The summed E-state index contributed by atoms with van der Waals surface area (Å²) < 4.78 is 0. The molecule has 6 nitrogen and oxygen atoms in total. The van der Waals surface area contributed by atoms with Crippen LogP contribution in [0.4, 0.5) is 11.4 Å². The van der Waals surface area contributed by atoms with Crippen LogP contribution in [0.15, 0.2) is 77.8 Å². The van der Waals surface area contributed by atoms with Gasteiger partial charge >= 0.3 is 0 Å². The average molecular weight is 432 g/mol. The van der Waals surface area contributed by atoms with Crippen LogP contribution in [0.2, 0.25) is 0 Å². The van der Waals surface area contributed by atoms with Crippen LogP contribution in [-0.4, -0.2) is 29.2 Å². The fourth-order valence-electron chi connectivity index (χ4n) is 3.41. The molecule has 0 aliphatic carbocycles. The van der Waals surface area contributed by atoms with Crippen molar-refractivity contribution in [1.82, 2.24) is 4.90 Å². The highest BCUT2D eigenvalue weighted by atomic mass is 32.1. The minimum Gasteiger partial charge on any atom is -0.350 e. The van der Waals surface area contributed by atoms with Gasteiger partial charge < -0.3 is 10.6 Å². The fourth-order valence-corrected chi connectivity index (χ4v) is 4.18. The van der Waals surface area contributed by atoms with Crippen molar-refractivity contribution in [3.8, 4) is 0 Å². The second-order valence-electron chi connectivity index (χ2n) is 7.11. The number of nitrogens with zero attached hydrogens (tertiary/aromatic N) is 1. The number of amides is 3. The third-order valence-electron chi connectivity index (χ3n) is 4.88. The SMILES string of the molecule is CC(=O)Nc1ccc(NC2=C(c3cccs3)C(=O)N(CCc3ccccc3)C2=O)cc1. The van der Waals surface area contributed by atoms with E-state index in [1.165, 1.54) is 23.2 Å². The molecular formula is C24H21N3O3S. The van der Waals surface area contributed by atoms with Crippen LogP contribution in [0.25, 0.3) is 5.57 Å². The van der Waals surface area contributed by atoms with Gasteiger partial charge in [0.15, 0.2) is 0 Å². The molecule has 1 aliphatic rings. The number of imide groups is 1. The van der Waals surface area contributed by atoms with Gasteiger partial charge in [-0.1, -0.05) is 36.4 Å². The van der Waals surface area contributed by atoms with Crippen LogP contribution in [0, 0.1) is 0 Å². The molecule has 2 N–H and O–H groups in total. The van der Waals surface area contributed by atoms with Crippen molar-refractivity contribution in [2.24, 2.45) is 0 Å². The Morgan fingerprint density at radius 1 is 0.903 bits per heavy atom.